The van der Waals surface area contributed by atoms with Gasteiger partial charge in [-0.15, -0.1) is 0 Å². The number of benzene rings is 1. The zero-order valence-corrected chi connectivity index (χ0v) is 10.7. The zero-order valence-electron chi connectivity index (χ0n) is 9.87. The van der Waals surface area contributed by atoms with E-state index >= 15 is 0 Å². The Hall–Kier alpha value is -1.16. The van der Waals surface area contributed by atoms with Crippen LogP contribution < -0.4 is 11.1 Å². The monoisotopic (exact) mass is 252 g/mol. The Morgan fingerprint density at radius 1 is 1.59 bits per heavy atom. The second-order valence-electron chi connectivity index (χ2n) is 4.56. The predicted molar refractivity (Wildman–Crippen MR) is 72.7 cm³/mol. The molecule has 0 saturated heterocycles. The second kappa shape index (κ2) is 5.00. The van der Waals surface area contributed by atoms with E-state index in [4.69, 9.17) is 18.0 Å². The molecule has 1 aromatic carbocycles. The molecular formula is C13H17FN2S. The Morgan fingerprint density at radius 3 is 3.00 bits per heavy atom. The second-order valence-corrected chi connectivity index (χ2v) is 5.00. The maximum atomic E-state index is 13.6. The lowest BCUT2D eigenvalue weighted by molar-refractivity contribution is 0.625. The summed E-state index contributed by atoms with van der Waals surface area (Å²) in [7, 11) is 0. The van der Waals surface area contributed by atoms with Crippen molar-refractivity contribution in [1.29, 1.82) is 0 Å². The summed E-state index contributed by atoms with van der Waals surface area (Å²) < 4.78 is 13.6. The van der Waals surface area contributed by atoms with Crippen LogP contribution in [0, 0.1) is 11.7 Å². The molecule has 2 unspecified atom stereocenters. The van der Waals surface area contributed by atoms with Crippen molar-refractivity contribution in [2.75, 3.05) is 5.32 Å². The topological polar surface area (TPSA) is 38.0 Å². The van der Waals surface area contributed by atoms with Crippen molar-refractivity contribution in [3.63, 3.8) is 0 Å². The molecule has 1 fully saturated rings. The van der Waals surface area contributed by atoms with Crippen LogP contribution >= 0.6 is 12.2 Å². The number of rotatable bonds is 5. The molecule has 17 heavy (non-hydrogen) atoms. The molecular weight excluding hydrogens is 235 g/mol. The van der Waals surface area contributed by atoms with Gasteiger partial charge in [-0.1, -0.05) is 31.6 Å². The lowest BCUT2D eigenvalue weighted by Gasteiger charge is -2.11. The Balaban J connectivity index is 2.11. The summed E-state index contributed by atoms with van der Waals surface area (Å²) in [6.07, 6.45) is 3.56. The van der Waals surface area contributed by atoms with Gasteiger partial charge in [0.15, 0.2) is 0 Å². The molecule has 2 rings (SSSR count). The quantitative estimate of drug-likeness (QED) is 0.791. The summed E-state index contributed by atoms with van der Waals surface area (Å²) in [6, 6.07) is 5.34. The molecule has 4 heteroatoms. The summed E-state index contributed by atoms with van der Waals surface area (Å²) >= 11 is 4.89. The minimum absolute atomic E-state index is 0.110. The third kappa shape index (κ3) is 2.75. The fraction of sp³-hybridized carbons (Fsp3) is 0.462. The first-order chi connectivity index (χ1) is 8.13. The highest BCUT2D eigenvalue weighted by Crippen LogP contribution is 2.38. The molecule has 0 amide bonds. The highest BCUT2D eigenvalue weighted by Gasteiger charge is 2.36. The van der Waals surface area contributed by atoms with Gasteiger partial charge in [-0.05, 0) is 30.9 Å². The number of nitrogens with one attached hydrogen (secondary N) is 1. The largest absolute Gasteiger partial charge is 0.389 e. The van der Waals surface area contributed by atoms with E-state index < -0.39 is 0 Å². The van der Waals surface area contributed by atoms with Crippen molar-refractivity contribution < 1.29 is 4.39 Å². The first kappa shape index (κ1) is 12.3. The molecule has 0 radical (unpaired) electrons. The van der Waals surface area contributed by atoms with E-state index in [1.807, 2.05) is 6.07 Å². The Morgan fingerprint density at radius 2 is 2.35 bits per heavy atom. The average molecular weight is 252 g/mol. The highest BCUT2D eigenvalue weighted by atomic mass is 32.1. The first-order valence-corrected chi connectivity index (χ1v) is 6.39. The maximum absolute atomic E-state index is 13.6. The van der Waals surface area contributed by atoms with Crippen molar-refractivity contribution in [2.24, 2.45) is 11.7 Å². The van der Waals surface area contributed by atoms with Crippen LogP contribution in [-0.2, 0) is 0 Å². The molecule has 3 N–H and O–H groups in total. The van der Waals surface area contributed by atoms with Crippen molar-refractivity contribution >= 4 is 22.9 Å². The highest BCUT2D eigenvalue weighted by molar-refractivity contribution is 7.80. The van der Waals surface area contributed by atoms with Gasteiger partial charge >= 0.3 is 0 Å². The van der Waals surface area contributed by atoms with Crippen molar-refractivity contribution in [3.05, 3.63) is 29.6 Å². The normalized spacial score (nSPS) is 22.2. The molecule has 0 spiro atoms. The van der Waals surface area contributed by atoms with Crippen LogP contribution in [-0.4, -0.2) is 11.0 Å². The van der Waals surface area contributed by atoms with E-state index in [9.17, 15) is 4.39 Å². The van der Waals surface area contributed by atoms with Crippen LogP contribution in [0.2, 0.25) is 0 Å². The first-order valence-electron chi connectivity index (χ1n) is 5.98. The fourth-order valence-corrected chi connectivity index (χ4v) is 2.42. The van der Waals surface area contributed by atoms with E-state index in [0.29, 0.717) is 17.5 Å². The van der Waals surface area contributed by atoms with Gasteiger partial charge in [0.05, 0.1) is 5.56 Å². The summed E-state index contributed by atoms with van der Waals surface area (Å²) in [5.41, 5.74) is 6.62. The molecule has 1 saturated carbocycles. The van der Waals surface area contributed by atoms with E-state index in [-0.39, 0.29) is 10.8 Å². The van der Waals surface area contributed by atoms with Gasteiger partial charge < -0.3 is 11.1 Å². The van der Waals surface area contributed by atoms with Gasteiger partial charge in [0.1, 0.15) is 10.8 Å². The van der Waals surface area contributed by atoms with Gasteiger partial charge in [-0.25, -0.2) is 4.39 Å². The van der Waals surface area contributed by atoms with E-state index in [0.717, 1.165) is 12.1 Å². The van der Waals surface area contributed by atoms with Gasteiger partial charge in [0.25, 0.3) is 0 Å². The smallest absolute Gasteiger partial charge is 0.135 e. The lowest BCUT2D eigenvalue weighted by atomic mass is 10.1. The van der Waals surface area contributed by atoms with Crippen molar-refractivity contribution in [3.8, 4) is 0 Å². The number of hydrogen-bond acceptors (Lipinski definition) is 2. The lowest BCUT2D eigenvalue weighted by Crippen LogP contribution is -2.16. The molecule has 0 bridgehead atoms. The standard InChI is InChI=1S/C13H17FN2S/c1-2-4-8-7-11(8)16-10-6-3-5-9(14)12(10)13(15)17/h3,5-6,8,11,16H,2,4,7H2,1H3,(H2,15,17). The molecule has 1 aliphatic rings. The summed E-state index contributed by atoms with van der Waals surface area (Å²) in [5.74, 6) is 0.359. The molecule has 2 nitrogen and oxygen atoms in total. The van der Waals surface area contributed by atoms with Gasteiger partial charge in [-0.3, -0.25) is 0 Å². The number of anilines is 1. The number of nitrogens with two attached hydrogens (primary N) is 1. The Kier molecular flexibility index (Phi) is 3.62. The maximum Gasteiger partial charge on any atom is 0.135 e. The minimum atomic E-state index is -0.352. The van der Waals surface area contributed by atoms with Crippen LogP contribution in [0.1, 0.15) is 31.7 Å². The molecule has 0 aliphatic heterocycles. The van der Waals surface area contributed by atoms with Crippen LogP contribution in [0.3, 0.4) is 0 Å². The minimum Gasteiger partial charge on any atom is -0.389 e. The summed E-state index contributed by atoms with van der Waals surface area (Å²) in [6.45, 7) is 2.18. The van der Waals surface area contributed by atoms with Crippen molar-refractivity contribution in [1.82, 2.24) is 0 Å². The SMILES string of the molecule is CCCC1CC1Nc1cccc(F)c1C(N)=S. The zero-order chi connectivity index (χ0) is 12.4. The van der Waals surface area contributed by atoms with Crippen LogP contribution in [0.5, 0.6) is 0 Å². The molecule has 1 aliphatic carbocycles. The third-order valence-corrected chi connectivity index (χ3v) is 3.39. The predicted octanol–water partition coefficient (Wildman–Crippen LogP) is 3.06. The van der Waals surface area contributed by atoms with Gasteiger partial charge in [0, 0.05) is 11.7 Å². The Labute approximate surface area is 106 Å². The molecule has 0 heterocycles. The van der Waals surface area contributed by atoms with Crippen molar-refractivity contribution in [2.45, 2.75) is 32.2 Å². The van der Waals surface area contributed by atoms with Crippen LogP contribution in [0.15, 0.2) is 18.2 Å². The number of thiocarbonyl (C=S) groups is 1. The number of halogens is 1. The van der Waals surface area contributed by atoms with E-state index in [2.05, 4.69) is 12.2 Å². The Bertz CT molecular complexity index is 433. The summed E-state index contributed by atoms with van der Waals surface area (Å²) in [5, 5.41) is 3.33. The van der Waals surface area contributed by atoms with Crippen LogP contribution in [0.4, 0.5) is 10.1 Å². The fourth-order valence-electron chi connectivity index (χ4n) is 2.21. The molecule has 1 aromatic rings. The number of hydrogen-bond donors (Lipinski definition) is 2. The van der Waals surface area contributed by atoms with E-state index in [1.165, 1.54) is 18.9 Å². The summed E-state index contributed by atoms with van der Waals surface area (Å²) in [4.78, 5) is 0.110. The third-order valence-electron chi connectivity index (χ3n) is 3.18. The molecule has 2 atom stereocenters. The average Bonchev–Trinajstić information content (AvgIpc) is 2.96. The van der Waals surface area contributed by atoms with Gasteiger partial charge in [-0.2, -0.15) is 0 Å². The molecule has 0 aromatic heterocycles. The van der Waals surface area contributed by atoms with E-state index in [1.54, 1.807) is 6.07 Å². The van der Waals surface area contributed by atoms with Crippen LogP contribution in [0.25, 0.3) is 0 Å². The van der Waals surface area contributed by atoms with Gasteiger partial charge in [0.2, 0.25) is 0 Å². The molecule has 92 valence electrons.